The molecular formula is C19H22N2O3S. The van der Waals surface area contributed by atoms with E-state index in [9.17, 15) is 13.2 Å². The van der Waals surface area contributed by atoms with E-state index in [1.165, 1.54) is 0 Å². The van der Waals surface area contributed by atoms with Gasteiger partial charge in [0.1, 0.15) is 0 Å². The zero-order chi connectivity index (χ0) is 17.7. The lowest BCUT2D eigenvalue weighted by atomic mass is 10.0. The molecule has 2 aromatic carbocycles. The first-order chi connectivity index (χ1) is 12.0. The van der Waals surface area contributed by atoms with Gasteiger partial charge in [-0.2, -0.15) is 0 Å². The Bertz CT molecular complexity index is 829. The van der Waals surface area contributed by atoms with Crippen molar-refractivity contribution in [3.63, 3.8) is 0 Å². The fourth-order valence-corrected chi connectivity index (χ4v) is 4.33. The maximum Gasteiger partial charge on any atom is 0.241 e. The van der Waals surface area contributed by atoms with Crippen LogP contribution in [0, 0.1) is 0 Å². The Morgan fingerprint density at radius 2 is 1.88 bits per heavy atom. The Hall–Kier alpha value is -2.18. The summed E-state index contributed by atoms with van der Waals surface area (Å²) in [6, 6.07) is 15.2. The van der Waals surface area contributed by atoms with E-state index in [1.807, 2.05) is 0 Å². The number of hydrogen-bond donors (Lipinski definition) is 2. The summed E-state index contributed by atoms with van der Waals surface area (Å²) in [7, 11) is -3.40. The first kappa shape index (κ1) is 17.6. The van der Waals surface area contributed by atoms with Crippen LogP contribution >= 0.6 is 0 Å². The van der Waals surface area contributed by atoms with E-state index in [1.54, 1.807) is 54.6 Å². The second-order valence-corrected chi connectivity index (χ2v) is 8.25. The molecule has 3 rings (SSSR count). The summed E-state index contributed by atoms with van der Waals surface area (Å²) in [5, 5.41) is 6.09. The number of anilines is 1. The molecular weight excluding hydrogens is 336 g/mol. The van der Waals surface area contributed by atoms with Gasteiger partial charge in [0.25, 0.3) is 0 Å². The second-order valence-electron chi connectivity index (χ2n) is 6.26. The first-order valence-electron chi connectivity index (χ1n) is 8.46. The number of benzene rings is 2. The van der Waals surface area contributed by atoms with Crippen molar-refractivity contribution in [3.8, 4) is 0 Å². The summed E-state index contributed by atoms with van der Waals surface area (Å²) in [5.74, 6) is -0.162. The van der Waals surface area contributed by atoms with Crippen LogP contribution in [-0.4, -0.2) is 26.9 Å². The average molecular weight is 358 g/mol. The minimum Gasteiger partial charge on any atom is -0.325 e. The number of piperidine rings is 1. The number of rotatable bonds is 5. The summed E-state index contributed by atoms with van der Waals surface area (Å²) >= 11 is 0. The standard InChI is InChI=1S/C19H22N2O3S/c22-19(18-11-4-5-12-20-18)21-16-8-6-7-15(13-16)14-25(23,24)17-9-2-1-3-10-17/h1-3,6-10,13,18,20H,4-5,11-12,14H2,(H,21,22). The number of hydrogen-bond acceptors (Lipinski definition) is 4. The van der Waals surface area contributed by atoms with Crippen molar-refractivity contribution in [2.75, 3.05) is 11.9 Å². The third-order valence-electron chi connectivity index (χ3n) is 4.28. The zero-order valence-corrected chi connectivity index (χ0v) is 14.8. The molecule has 2 aromatic rings. The highest BCUT2D eigenvalue weighted by Crippen LogP contribution is 2.19. The van der Waals surface area contributed by atoms with Gasteiger partial charge in [-0.15, -0.1) is 0 Å². The third kappa shape index (κ3) is 4.67. The van der Waals surface area contributed by atoms with E-state index in [4.69, 9.17) is 0 Å². The topological polar surface area (TPSA) is 75.3 Å². The quantitative estimate of drug-likeness (QED) is 0.862. The van der Waals surface area contributed by atoms with Gasteiger partial charge in [0.05, 0.1) is 16.7 Å². The Kier molecular flexibility index (Phi) is 5.50. The van der Waals surface area contributed by atoms with Gasteiger partial charge in [-0.3, -0.25) is 4.79 Å². The predicted molar refractivity (Wildman–Crippen MR) is 98.0 cm³/mol. The third-order valence-corrected chi connectivity index (χ3v) is 5.98. The first-order valence-corrected chi connectivity index (χ1v) is 10.1. The van der Waals surface area contributed by atoms with Crippen LogP contribution in [0.15, 0.2) is 59.5 Å². The van der Waals surface area contributed by atoms with Crippen molar-refractivity contribution < 1.29 is 13.2 Å². The molecule has 1 aliphatic heterocycles. The van der Waals surface area contributed by atoms with Gasteiger partial charge in [0, 0.05) is 5.69 Å². The average Bonchev–Trinajstić information content (AvgIpc) is 2.63. The lowest BCUT2D eigenvalue weighted by Gasteiger charge is -2.22. The monoisotopic (exact) mass is 358 g/mol. The summed E-state index contributed by atoms with van der Waals surface area (Å²) < 4.78 is 25.0. The fourth-order valence-electron chi connectivity index (χ4n) is 2.97. The van der Waals surface area contributed by atoms with Crippen molar-refractivity contribution in [2.24, 2.45) is 0 Å². The molecule has 1 atom stereocenters. The molecule has 132 valence electrons. The number of sulfone groups is 1. The molecule has 6 heteroatoms. The molecule has 0 bridgehead atoms. The molecule has 0 aliphatic carbocycles. The highest BCUT2D eigenvalue weighted by Gasteiger charge is 2.21. The molecule has 1 heterocycles. The zero-order valence-electron chi connectivity index (χ0n) is 13.9. The van der Waals surface area contributed by atoms with Crippen LogP contribution in [-0.2, 0) is 20.4 Å². The fraction of sp³-hybridized carbons (Fsp3) is 0.316. The summed E-state index contributed by atoms with van der Waals surface area (Å²) in [6.45, 7) is 0.855. The summed E-state index contributed by atoms with van der Waals surface area (Å²) in [6.07, 6.45) is 2.96. The van der Waals surface area contributed by atoms with Crippen LogP contribution in [0.4, 0.5) is 5.69 Å². The summed E-state index contributed by atoms with van der Waals surface area (Å²) in [4.78, 5) is 12.6. The highest BCUT2D eigenvalue weighted by atomic mass is 32.2. The maximum atomic E-state index is 12.5. The smallest absolute Gasteiger partial charge is 0.241 e. The molecule has 1 unspecified atom stereocenters. The SMILES string of the molecule is O=C(Nc1cccc(CS(=O)(=O)c2ccccc2)c1)C1CCCCN1. The lowest BCUT2D eigenvalue weighted by molar-refractivity contribution is -0.118. The van der Waals surface area contributed by atoms with Crippen LogP contribution in [0.1, 0.15) is 24.8 Å². The van der Waals surface area contributed by atoms with Gasteiger partial charge >= 0.3 is 0 Å². The molecule has 25 heavy (non-hydrogen) atoms. The van der Waals surface area contributed by atoms with Crippen molar-refractivity contribution >= 4 is 21.4 Å². The lowest BCUT2D eigenvalue weighted by Crippen LogP contribution is -2.43. The van der Waals surface area contributed by atoms with E-state index < -0.39 is 9.84 Å². The Labute approximate surface area is 148 Å². The molecule has 2 N–H and O–H groups in total. The molecule has 0 saturated carbocycles. The summed E-state index contributed by atoms with van der Waals surface area (Å²) in [5.41, 5.74) is 1.27. The van der Waals surface area contributed by atoms with Gasteiger partial charge in [-0.05, 0) is 49.2 Å². The van der Waals surface area contributed by atoms with Gasteiger partial charge in [-0.25, -0.2) is 8.42 Å². The van der Waals surface area contributed by atoms with Crippen molar-refractivity contribution in [1.82, 2.24) is 5.32 Å². The highest BCUT2D eigenvalue weighted by molar-refractivity contribution is 7.90. The van der Waals surface area contributed by atoms with Gasteiger partial charge < -0.3 is 10.6 Å². The van der Waals surface area contributed by atoms with Gasteiger partial charge in [0.15, 0.2) is 9.84 Å². The maximum absolute atomic E-state index is 12.5. The number of amides is 1. The van der Waals surface area contributed by atoms with Crippen molar-refractivity contribution in [1.29, 1.82) is 0 Å². The van der Waals surface area contributed by atoms with Crippen LogP contribution in [0.3, 0.4) is 0 Å². The number of carbonyl (C=O) groups is 1. The molecule has 0 spiro atoms. The second kappa shape index (κ2) is 7.80. The van der Waals surface area contributed by atoms with E-state index >= 15 is 0 Å². The Morgan fingerprint density at radius 3 is 2.60 bits per heavy atom. The molecule has 1 saturated heterocycles. The Balaban J connectivity index is 1.70. The van der Waals surface area contributed by atoms with E-state index in [0.717, 1.165) is 25.8 Å². The molecule has 5 nitrogen and oxygen atoms in total. The van der Waals surface area contributed by atoms with Crippen LogP contribution in [0.25, 0.3) is 0 Å². The van der Waals surface area contributed by atoms with Crippen LogP contribution < -0.4 is 10.6 Å². The minimum atomic E-state index is -3.40. The predicted octanol–water partition coefficient (Wildman–Crippen LogP) is 2.74. The van der Waals surface area contributed by atoms with Gasteiger partial charge in [-0.1, -0.05) is 36.8 Å². The van der Waals surface area contributed by atoms with Gasteiger partial charge in [0.2, 0.25) is 5.91 Å². The molecule has 1 amide bonds. The van der Waals surface area contributed by atoms with E-state index in [-0.39, 0.29) is 17.7 Å². The normalized spacial score (nSPS) is 17.8. The Morgan fingerprint density at radius 1 is 1.08 bits per heavy atom. The molecule has 1 fully saturated rings. The van der Waals surface area contributed by atoms with Crippen molar-refractivity contribution in [2.45, 2.75) is 36.0 Å². The number of nitrogens with one attached hydrogen (secondary N) is 2. The van der Waals surface area contributed by atoms with E-state index in [0.29, 0.717) is 16.1 Å². The van der Waals surface area contributed by atoms with E-state index in [2.05, 4.69) is 10.6 Å². The van der Waals surface area contributed by atoms with Crippen LogP contribution in [0.5, 0.6) is 0 Å². The number of carbonyl (C=O) groups excluding carboxylic acids is 1. The van der Waals surface area contributed by atoms with Crippen molar-refractivity contribution in [3.05, 3.63) is 60.2 Å². The molecule has 0 aromatic heterocycles. The largest absolute Gasteiger partial charge is 0.325 e. The molecule has 1 aliphatic rings. The van der Waals surface area contributed by atoms with Crippen LogP contribution in [0.2, 0.25) is 0 Å². The minimum absolute atomic E-state index is 0.0669. The molecule has 0 radical (unpaired) electrons.